The number of carbonyl (C=O) groups excluding carboxylic acids is 1. The van der Waals surface area contributed by atoms with E-state index in [0.29, 0.717) is 6.42 Å². The fourth-order valence-corrected chi connectivity index (χ4v) is 1.81. The smallest absolute Gasteiger partial charge is 0.141 e. The standard InChI is InChI=1S/C12H17BrN2O/c1-3-14-6-9(2)12(16)5-10-4-11(13)8-15-7-10/h4,7-9,14H,3,5-6H2,1-2H3. The van der Waals surface area contributed by atoms with Crippen LogP contribution < -0.4 is 5.32 Å². The summed E-state index contributed by atoms with van der Waals surface area (Å²) in [7, 11) is 0. The third-order valence-electron chi connectivity index (χ3n) is 2.39. The second-order valence-electron chi connectivity index (χ2n) is 3.86. The number of pyridine rings is 1. The van der Waals surface area contributed by atoms with Gasteiger partial charge in [-0.2, -0.15) is 0 Å². The zero-order valence-electron chi connectivity index (χ0n) is 9.66. The molecule has 0 amide bonds. The van der Waals surface area contributed by atoms with Crippen molar-refractivity contribution in [3.8, 4) is 0 Å². The highest BCUT2D eigenvalue weighted by Crippen LogP contribution is 2.11. The first kappa shape index (κ1) is 13.3. The number of ketones is 1. The lowest BCUT2D eigenvalue weighted by Gasteiger charge is -2.10. The van der Waals surface area contributed by atoms with Crippen LogP contribution in [-0.2, 0) is 11.2 Å². The van der Waals surface area contributed by atoms with E-state index in [9.17, 15) is 4.79 Å². The molecule has 0 aliphatic heterocycles. The molecular weight excluding hydrogens is 268 g/mol. The van der Waals surface area contributed by atoms with E-state index in [1.165, 1.54) is 0 Å². The molecule has 0 bridgehead atoms. The van der Waals surface area contributed by atoms with E-state index in [0.717, 1.165) is 23.1 Å². The quantitative estimate of drug-likeness (QED) is 0.871. The van der Waals surface area contributed by atoms with E-state index in [4.69, 9.17) is 0 Å². The summed E-state index contributed by atoms with van der Waals surface area (Å²) in [4.78, 5) is 15.9. The third-order valence-corrected chi connectivity index (χ3v) is 2.82. The molecule has 0 saturated carbocycles. The van der Waals surface area contributed by atoms with Crippen LogP contribution in [0.5, 0.6) is 0 Å². The number of nitrogens with zero attached hydrogens (tertiary/aromatic N) is 1. The zero-order valence-corrected chi connectivity index (χ0v) is 11.3. The monoisotopic (exact) mass is 284 g/mol. The highest BCUT2D eigenvalue weighted by molar-refractivity contribution is 9.10. The summed E-state index contributed by atoms with van der Waals surface area (Å²) in [5, 5.41) is 3.18. The molecule has 1 atom stereocenters. The predicted molar refractivity (Wildman–Crippen MR) is 68.4 cm³/mol. The minimum atomic E-state index is 0.0546. The first-order chi connectivity index (χ1) is 7.63. The van der Waals surface area contributed by atoms with Crippen molar-refractivity contribution in [3.05, 3.63) is 28.5 Å². The second-order valence-corrected chi connectivity index (χ2v) is 4.78. The number of carbonyl (C=O) groups is 1. The summed E-state index contributed by atoms with van der Waals surface area (Å²) in [5.41, 5.74) is 0.961. The molecule has 1 heterocycles. The predicted octanol–water partition coefficient (Wildman–Crippen LogP) is 2.20. The van der Waals surface area contributed by atoms with Crippen LogP contribution in [0.15, 0.2) is 22.9 Å². The number of Topliss-reactive ketones (excluding diaryl/α,β-unsaturated/α-hetero) is 1. The first-order valence-corrected chi connectivity index (χ1v) is 6.25. The molecule has 0 aliphatic carbocycles. The van der Waals surface area contributed by atoms with Crippen molar-refractivity contribution in [3.63, 3.8) is 0 Å². The van der Waals surface area contributed by atoms with Crippen LogP contribution >= 0.6 is 15.9 Å². The molecule has 1 N–H and O–H groups in total. The zero-order chi connectivity index (χ0) is 12.0. The fourth-order valence-electron chi connectivity index (χ4n) is 1.40. The lowest BCUT2D eigenvalue weighted by molar-refractivity contribution is -0.121. The normalized spacial score (nSPS) is 12.4. The maximum Gasteiger partial charge on any atom is 0.141 e. The topological polar surface area (TPSA) is 42.0 Å². The van der Waals surface area contributed by atoms with Crippen LogP contribution in [0.25, 0.3) is 0 Å². The lowest BCUT2D eigenvalue weighted by Crippen LogP contribution is -2.27. The highest BCUT2D eigenvalue weighted by atomic mass is 79.9. The summed E-state index contributed by atoms with van der Waals surface area (Å²) in [6, 6.07) is 1.94. The Bertz CT molecular complexity index is 355. The van der Waals surface area contributed by atoms with Crippen molar-refractivity contribution in [2.75, 3.05) is 13.1 Å². The Morgan fingerprint density at radius 1 is 1.56 bits per heavy atom. The molecule has 0 saturated heterocycles. The largest absolute Gasteiger partial charge is 0.316 e. The molecule has 0 fully saturated rings. The average molecular weight is 285 g/mol. The van der Waals surface area contributed by atoms with Crippen LogP contribution in [0.4, 0.5) is 0 Å². The Kier molecular flexibility index (Phi) is 5.63. The molecule has 3 nitrogen and oxygen atoms in total. The Morgan fingerprint density at radius 2 is 2.31 bits per heavy atom. The number of halogens is 1. The van der Waals surface area contributed by atoms with Crippen molar-refractivity contribution >= 4 is 21.7 Å². The van der Waals surface area contributed by atoms with Gasteiger partial charge in [0, 0.05) is 35.7 Å². The van der Waals surface area contributed by atoms with E-state index < -0.39 is 0 Å². The van der Waals surface area contributed by atoms with Gasteiger partial charge in [-0.3, -0.25) is 9.78 Å². The number of rotatable bonds is 6. The van der Waals surface area contributed by atoms with Crippen molar-refractivity contribution in [1.82, 2.24) is 10.3 Å². The van der Waals surface area contributed by atoms with E-state index in [-0.39, 0.29) is 11.7 Å². The van der Waals surface area contributed by atoms with Gasteiger partial charge >= 0.3 is 0 Å². The van der Waals surface area contributed by atoms with Gasteiger partial charge in [0.2, 0.25) is 0 Å². The van der Waals surface area contributed by atoms with Crippen LogP contribution in [0.1, 0.15) is 19.4 Å². The van der Waals surface area contributed by atoms with Crippen molar-refractivity contribution in [2.24, 2.45) is 5.92 Å². The van der Waals surface area contributed by atoms with E-state index in [1.54, 1.807) is 12.4 Å². The van der Waals surface area contributed by atoms with E-state index in [1.807, 2.05) is 19.9 Å². The minimum absolute atomic E-state index is 0.0546. The number of aromatic nitrogens is 1. The Balaban J connectivity index is 2.50. The maximum absolute atomic E-state index is 11.8. The fraction of sp³-hybridized carbons (Fsp3) is 0.500. The SMILES string of the molecule is CCNCC(C)C(=O)Cc1cncc(Br)c1. The molecular formula is C12H17BrN2O. The van der Waals surface area contributed by atoms with E-state index in [2.05, 4.69) is 26.2 Å². The molecule has 88 valence electrons. The summed E-state index contributed by atoms with van der Waals surface area (Å²) >= 11 is 3.34. The molecule has 0 aromatic carbocycles. The van der Waals surface area contributed by atoms with Gasteiger partial charge in [-0.1, -0.05) is 13.8 Å². The first-order valence-electron chi connectivity index (χ1n) is 5.46. The van der Waals surface area contributed by atoms with Crippen molar-refractivity contribution < 1.29 is 4.79 Å². The van der Waals surface area contributed by atoms with Gasteiger partial charge in [0.15, 0.2) is 0 Å². The molecule has 1 rings (SSSR count). The van der Waals surface area contributed by atoms with E-state index >= 15 is 0 Å². The van der Waals surface area contributed by atoms with Crippen LogP contribution in [0, 0.1) is 5.92 Å². The molecule has 1 unspecified atom stereocenters. The Morgan fingerprint density at radius 3 is 2.94 bits per heavy atom. The summed E-state index contributed by atoms with van der Waals surface area (Å²) < 4.78 is 0.914. The number of hydrogen-bond donors (Lipinski definition) is 1. The van der Waals surface area contributed by atoms with Gasteiger partial charge in [0.05, 0.1) is 0 Å². The van der Waals surface area contributed by atoms with Gasteiger partial charge in [0.1, 0.15) is 5.78 Å². The lowest BCUT2D eigenvalue weighted by atomic mass is 10.0. The molecule has 0 spiro atoms. The molecule has 0 aliphatic rings. The number of nitrogens with one attached hydrogen (secondary N) is 1. The summed E-state index contributed by atoms with van der Waals surface area (Å²) in [6.45, 7) is 5.64. The maximum atomic E-state index is 11.8. The highest BCUT2D eigenvalue weighted by Gasteiger charge is 2.12. The molecule has 16 heavy (non-hydrogen) atoms. The number of hydrogen-bond acceptors (Lipinski definition) is 3. The third kappa shape index (κ3) is 4.41. The van der Waals surface area contributed by atoms with Crippen LogP contribution in [0.3, 0.4) is 0 Å². The molecule has 4 heteroatoms. The summed E-state index contributed by atoms with van der Waals surface area (Å²) in [5.74, 6) is 0.305. The second kappa shape index (κ2) is 6.76. The van der Waals surface area contributed by atoms with Gasteiger partial charge in [-0.25, -0.2) is 0 Å². The van der Waals surface area contributed by atoms with Crippen LogP contribution in [0.2, 0.25) is 0 Å². The molecule has 1 aromatic heterocycles. The molecule has 1 aromatic rings. The van der Waals surface area contributed by atoms with Gasteiger partial charge in [0.25, 0.3) is 0 Å². The summed E-state index contributed by atoms with van der Waals surface area (Å²) in [6.07, 6.45) is 3.91. The van der Waals surface area contributed by atoms with Gasteiger partial charge in [-0.05, 0) is 34.1 Å². The van der Waals surface area contributed by atoms with Crippen molar-refractivity contribution in [2.45, 2.75) is 20.3 Å². The van der Waals surface area contributed by atoms with Gasteiger partial charge < -0.3 is 5.32 Å². The average Bonchev–Trinajstić information content (AvgIpc) is 2.25. The molecule has 0 radical (unpaired) electrons. The van der Waals surface area contributed by atoms with Gasteiger partial charge in [-0.15, -0.1) is 0 Å². The minimum Gasteiger partial charge on any atom is -0.316 e. The van der Waals surface area contributed by atoms with Crippen molar-refractivity contribution in [1.29, 1.82) is 0 Å². The Labute approximate surface area is 105 Å². The Hall–Kier alpha value is -0.740. The van der Waals surface area contributed by atoms with Crippen LogP contribution in [-0.4, -0.2) is 23.9 Å².